The number of nitrogens with zero attached hydrogens (tertiary/aromatic N) is 1. The van der Waals surface area contributed by atoms with Crippen LogP contribution in [0.3, 0.4) is 0 Å². The standard InChI is InChI=1S/C17H16BrFN2O3/c1-23-14-7-11(6-13(19)9-14)10-20-17(22)21-4-5-24-16-8-12(18)2-3-15(16)21/h2-3,6-9H,4-5,10H2,1H3,(H,20,22). The van der Waals surface area contributed by atoms with Crippen LogP contribution in [-0.4, -0.2) is 26.3 Å². The molecular formula is C17H16BrFN2O3. The van der Waals surface area contributed by atoms with Gasteiger partial charge in [0.2, 0.25) is 0 Å². The highest BCUT2D eigenvalue weighted by Gasteiger charge is 2.23. The molecule has 7 heteroatoms. The summed E-state index contributed by atoms with van der Waals surface area (Å²) in [5, 5.41) is 2.80. The Morgan fingerprint density at radius 2 is 2.21 bits per heavy atom. The first-order chi connectivity index (χ1) is 11.6. The molecule has 2 amide bonds. The summed E-state index contributed by atoms with van der Waals surface area (Å²) in [6.07, 6.45) is 0. The smallest absolute Gasteiger partial charge is 0.322 e. The number of benzene rings is 2. The van der Waals surface area contributed by atoms with Crippen molar-refractivity contribution in [2.24, 2.45) is 0 Å². The number of halogens is 2. The van der Waals surface area contributed by atoms with Crippen molar-refractivity contribution < 1.29 is 18.7 Å². The van der Waals surface area contributed by atoms with Gasteiger partial charge in [-0.1, -0.05) is 15.9 Å². The van der Waals surface area contributed by atoms with Gasteiger partial charge in [0.1, 0.15) is 23.9 Å². The molecule has 24 heavy (non-hydrogen) atoms. The minimum Gasteiger partial charge on any atom is -0.497 e. The van der Waals surface area contributed by atoms with Gasteiger partial charge >= 0.3 is 6.03 Å². The van der Waals surface area contributed by atoms with E-state index in [-0.39, 0.29) is 12.6 Å². The molecule has 1 aliphatic heterocycles. The average molecular weight is 395 g/mol. The van der Waals surface area contributed by atoms with Crippen LogP contribution in [0.5, 0.6) is 11.5 Å². The SMILES string of the molecule is COc1cc(F)cc(CNC(=O)N2CCOc3cc(Br)ccc32)c1. The average Bonchev–Trinajstić information content (AvgIpc) is 2.58. The first kappa shape index (κ1) is 16.6. The number of amides is 2. The van der Waals surface area contributed by atoms with E-state index in [9.17, 15) is 9.18 Å². The number of carbonyl (C=O) groups is 1. The monoisotopic (exact) mass is 394 g/mol. The Bertz CT molecular complexity index is 769. The number of rotatable bonds is 3. The number of carbonyl (C=O) groups excluding carboxylic acids is 1. The normalized spacial score (nSPS) is 13.0. The molecule has 0 radical (unpaired) electrons. The van der Waals surface area contributed by atoms with E-state index in [0.29, 0.717) is 35.9 Å². The van der Waals surface area contributed by atoms with Crippen molar-refractivity contribution in [3.8, 4) is 11.5 Å². The quantitative estimate of drug-likeness (QED) is 0.863. The Kier molecular flexibility index (Phi) is 4.89. The molecule has 2 aromatic rings. The van der Waals surface area contributed by atoms with Crippen molar-refractivity contribution in [3.05, 3.63) is 52.3 Å². The molecule has 5 nitrogen and oxygen atoms in total. The molecule has 126 valence electrons. The number of anilines is 1. The zero-order valence-corrected chi connectivity index (χ0v) is 14.6. The molecule has 0 atom stereocenters. The van der Waals surface area contributed by atoms with Crippen LogP contribution in [-0.2, 0) is 6.54 Å². The van der Waals surface area contributed by atoms with E-state index in [1.54, 1.807) is 11.0 Å². The van der Waals surface area contributed by atoms with Gasteiger partial charge in [-0.15, -0.1) is 0 Å². The number of methoxy groups -OCH3 is 1. The number of hydrogen-bond donors (Lipinski definition) is 1. The number of nitrogens with one attached hydrogen (secondary N) is 1. The second-order valence-electron chi connectivity index (χ2n) is 5.27. The van der Waals surface area contributed by atoms with Crippen LogP contribution in [0.1, 0.15) is 5.56 Å². The van der Waals surface area contributed by atoms with Crippen LogP contribution >= 0.6 is 15.9 Å². The largest absolute Gasteiger partial charge is 0.497 e. The lowest BCUT2D eigenvalue weighted by atomic mass is 10.2. The van der Waals surface area contributed by atoms with E-state index in [2.05, 4.69) is 21.2 Å². The number of fused-ring (bicyclic) bond motifs is 1. The number of ether oxygens (including phenoxy) is 2. The molecule has 0 bridgehead atoms. The summed E-state index contributed by atoms with van der Waals surface area (Å²) in [5.74, 6) is 0.666. The van der Waals surface area contributed by atoms with E-state index >= 15 is 0 Å². The summed E-state index contributed by atoms with van der Waals surface area (Å²) >= 11 is 3.38. The van der Waals surface area contributed by atoms with E-state index < -0.39 is 5.82 Å². The second-order valence-corrected chi connectivity index (χ2v) is 6.19. The molecule has 1 aliphatic rings. The molecule has 0 saturated heterocycles. The van der Waals surface area contributed by atoms with Crippen molar-refractivity contribution in [2.75, 3.05) is 25.2 Å². The summed E-state index contributed by atoms with van der Waals surface area (Å²) in [7, 11) is 1.47. The summed E-state index contributed by atoms with van der Waals surface area (Å²) in [6.45, 7) is 1.08. The number of hydrogen-bond acceptors (Lipinski definition) is 3. The third-order valence-corrected chi connectivity index (χ3v) is 4.13. The predicted octanol–water partition coefficient (Wildman–Crippen LogP) is 3.71. The van der Waals surface area contributed by atoms with Gasteiger partial charge in [-0.25, -0.2) is 9.18 Å². The van der Waals surface area contributed by atoms with E-state index in [1.807, 2.05) is 18.2 Å². The molecule has 1 N–H and O–H groups in total. The van der Waals surface area contributed by atoms with Crippen molar-refractivity contribution in [1.82, 2.24) is 5.32 Å². The van der Waals surface area contributed by atoms with Crippen molar-refractivity contribution in [3.63, 3.8) is 0 Å². The molecule has 0 saturated carbocycles. The fourth-order valence-electron chi connectivity index (χ4n) is 2.52. The lowest BCUT2D eigenvalue weighted by Gasteiger charge is -2.29. The van der Waals surface area contributed by atoms with Crippen LogP contribution in [0.4, 0.5) is 14.9 Å². The Morgan fingerprint density at radius 3 is 3.00 bits per heavy atom. The van der Waals surface area contributed by atoms with Crippen LogP contribution in [0, 0.1) is 5.82 Å². The van der Waals surface area contributed by atoms with Crippen molar-refractivity contribution in [1.29, 1.82) is 0 Å². The van der Waals surface area contributed by atoms with Gasteiger partial charge in [-0.3, -0.25) is 4.90 Å². The zero-order chi connectivity index (χ0) is 17.1. The molecule has 1 heterocycles. The molecule has 0 aromatic heterocycles. The predicted molar refractivity (Wildman–Crippen MR) is 92.2 cm³/mol. The van der Waals surface area contributed by atoms with Gasteiger partial charge in [0.15, 0.2) is 0 Å². The van der Waals surface area contributed by atoms with E-state index in [1.165, 1.54) is 19.2 Å². The van der Waals surface area contributed by atoms with Crippen molar-refractivity contribution >= 4 is 27.6 Å². The maximum Gasteiger partial charge on any atom is 0.322 e. The first-order valence-electron chi connectivity index (χ1n) is 7.38. The van der Waals surface area contributed by atoms with Crippen LogP contribution in [0.2, 0.25) is 0 Å². The summed E-state index contributed by atoms with van der Waals surface area (Å²) in [5.41, 5.74) is 1.34. The fraction of sp³-hybridized carbons (Fsp3) is 0.235. The molecule has 2 aromatic carbocycles. The molecule has 0 spiro atoms. The summed E-state index contributed by atoms with van der Waals surface area (Å²) in [4.78, 5) is 14.1. The maximum absolute atomic E-state index is 13.5. The van der Waals surface area contributed by atoms with Gasteiger partial charge in [0.05, 0.1) is 19.3 Å². The Labute approximate surface area is 147 Å². The van der Waals surface area contributed by atoms with E-state index in [0.717, 1.165) is 4.47 Å². The van der Waals surface area contributed by atoms with Crippen molar-refractivity contribution in [2.45, 2.75) is 6.54 Å². The van der Waals surface area contributed by atoms with Gasteiger partial charge < -0.3 is 14.8 Å². The van der Waals surface area contributed by atoms with Crippen LogP contribution in [0.15, 0.2) is 40.9 Å². The highest BCUT2D eigenvalue weighted by Crippen LogP contribution is 2.34. The molecule has 0 aliphatic carbocycles. The summed E-state index contributed by atoms with van der Waals surface area (Å²) in [6, 6.07) is 9.59. The Hall–Kier alpha value is -2.28. The van der Waals surface area contributed by atoms with E-state index in [4.69, 9.17) is 9.47 Å². The van der Waals surface area contributed by atoms with Gasteiger partial charge in [0.25, 0.3) is 0 Å². The van der Waals surface area contributed by atoms with Gasteiger partial charge in [-0.2, -0.15) is 0 Å². The molecular weight excluding hydrogens is 379 g/mol. The molecule has 0 unspecified atom stereocenters. The minimum atomic E-state index is -0.403. The second kappa shape index (κ2) is 7.09. The fourth-order valence-corrected chi connectivity index (χ4v) is 2.86. The van der Waals surface area contributed by atoms with Crippen LogP contribution < -0.4 is 19.7 Å². The molecule has 3 rings (SSSR count). The molecule has 0 fully saturated rings. The third-order valence-electron chi connectivity index (χ3n) is 3.64. The summed E-state index contributed by atoms with van der Waals surface area (Å²) < 4.78 is 25.0. The Balaban J connectivity index is 1.71. The third kappa shape index (κ3) is 3.62. The van der Waals surface area contributed by atoms with Gasteiger partial charge in [0, 0.05) is 17.1 Å². The van der Waals surface area contributed by atoms with Gasteiger partial charge in [-0.05, 0) is 35.9 Å². The minimum absolute atomic E-state index is 0.205. The number of urea groups is 1. The Morgan fingerprint density at radius 1 is 1.38 bits per heavy atom. The lowest BCUT2D eigenvalue weighted by molar-refractivity contribution is 0.239. The highest BCUT2D eigenvalue weighted by molar-refractivity contribution is 9.10. The highest BCUT2D eigenvalue weighted by atomic mass is 79.9. The van der Waals surface area contributed by atoms with Crippen LogP contribution in [0.25, 0.3) is 0 Å². The maximum atomic E-state index is 13.5. The first-order valence-corrected chi connectivity index (χ1v) is 8.17. The lowest BCUT2D eigenvalue weighted by Crippen LogP contribution is -2.44. The zero-order valence-electron chi connectivity index (χ0n) is 13.0. The topological polar surface area (TPSA) is 50.8 Å².